The molecule has 0 unspecified atom stereocenters. The van der Waals surface area contributed by atoms with Crippen molar-refractivity contribution in [2.75, 3.05) is 0 Å². The molecule has 4 aromatic carbocycles. The lowest BCUT2D eigenvalue weighted by molar-refractivity contribution is 1.06. The van der Waals surface area contributed by atoms with E-state index in [0.29, 0.717) is 0 Å². The molecular weight excluding hydrogens is 412 g/mol. The standard InChI is InChI=1S/C29H28S2/c1-21-15-22(2)18-27(17-21)30-29(25-11-7-5-8-12-25,26-13-9-6-10-14-26)31-28-19-23(3)16-24(4)20-28/h5-20H,1-4H3. The van der Waals surface area contributed by atoms with Crippen LogP contribution in [0.4, 0.5) is 0 Å². The van der Waals surface area contributed by atoms with Gasteiger partial charge >= 0.3 is 0 Å². The molecular formula is C29H28S2. The summed E-state index contributed by atoms with van der Waals surface area (Å²) in [5.41, 5.74) is 7.80. The van der Waals surface area contributed by atoms with Crippen molar-refractivity contribution in [3.8, 4) is 0 Å². The van der Waals surface area contributed by atoms with E-state index < -0.39 is 0 Å². The van der Waals surface area contributed by atoms with Crippen LogP contribution in [-0.2, 0) is 4.08 Å². The molecule has 0 aliphatic carbocycles. The Bertz CT molecular complexity index is 1030. The van der Waals surface area contributed by atoms with Crippen LogP contribution in [0.1, 0.15) is 33.4 Å². The molecule has 0 saturated carbocycles. The second-order valence-electron chi connectivity index (χ2n) is 8.20. The fraction of sp³-hybridized carbons (Fsp3) is 0.172. The van der Waals surface area contributed by atoms with Crippen molar-refractivity contribution in [3.63, 3.8) is 0 Å². The maximum Gasteiger partial charge on any atom is 0.120 e. The van der Waals surface area contributed by atoms with Gasteiger partial charge in [0.05, 0.1) is 0 Å². The number of hydrogen-bond donors (Lipinski definition) is 0. The van der Waals surface area contributed by atoms with Crippen molar-refractivity contribution in [3.05, 3.63) is 130 Å². The molecule has 0 amide bonds. The van der Waals surface area contributed by atoms with E-state index in [1.807, 2.05) is 23.5 Å². The zero-order valence-electron chi connectivity index (χ0n) is 18.6. The minimum Gasteiger partial charge on any atom is -0.0981 e. The Labute approximate surface area is 195 Å². The topological polar surface area (TPSA) is 0 Å². The average molecular weight is 441 g/mol. The third-order valence-electron chi connectivity index (χ3n) is 5.22. The molecule has 0 fully saturated rings. The molecule has 4 rings (SSSR count). The molecule has 0 N–H and O–H groups in total. The van der Waals surface area contributed by atoms with E-state index in [0.717, 1.165) is 0 Å². The van der Waals surface area contributed by atoms with Gasteiger partial charge in [-0.1, -0.05) is 96.3 Å². The smallest absolute Gasteiger partial charge is 0.0981 e. The molecule has 0 aromatic heterocycles. The third-order valence-corrected chi connectivity index (χ3v) is 8.18. The molecule has 0 radical (unpaired) electrons. The molecule has 156 valence electrons. The van der Waals surface area contributed by atoms with Gasteiger partial charge in [0, 0.05) is 9.79 Å². The summed E-state index contributed by atoms with van der Waals surface area (Å²) in [4.78, 5) is 2.59. The summed E-state index contributed by atoms with van der Waals surface area (Å²) in [7, 11) is 0. The van der Waals surface area contributed by atoms with Crippen LogP contribution in [0.2, 0.25) is 0 Å². The average Bonchev–Trinajstić information content (AvgIpc) is 2.73. The van der Waals surface area contributed by atoms with Gasteiger partial charge in [-0.05, 0) is 85.3 Å². The summed E-state index contributed by atoms with van der Waals surface area (Å²) in [5, 5.41) is 0. The Kier molecular flexibility index (Phi) is 6.60. The first kappa shape index (κ1) is 21.8. The Hall–Kier alpha value is -2.42. The van der Waals surface area contributed by atoms with Crippen molar-refractivity contribution < 1.29 is 0 Å². The van der Waals surface area contributed by atoms with Crippen LogP contribution in [0, 0.1) is 27.7 Å². The van der Waals surface area contributed by atoms with Crippen LogP contribution >= 0.6 is 23.5 Å². The lowest BCUT2D eigenvalue weighted by Gasteiger charge is -2.34. The summed E-state index contributed by atoms with van der Waals surface area (Å²) >= 11 is 3.88. The van der Waals surface area contributed by atoms with Gasteiger partial charge in [-0.2, -0.15) is 0 Å². The highest BCUT2D eigenvalue weighted by molar-refractivity contribution is 8.17. The van der Waals surface area contributed by atoms with E-state index >= 15 is 0 Å². The van der Waals surface area contributed by atoms with Crippen LogP contribution in [0.15, 0.2) is 107 Å². The quantitative estimate of drug-likeness (QED) is 0.217. The maximum atomic E-state index is 2.31. The highest BCUT2D eigenvalue weighted by Gasteiger charge is 2.37. The van der Waals surface area contributed by atoms with Crippen LogP contribution in [0.25, 0.3) is 0 Å². The lowest BCUT2D eigenvalue weighted by Crippen LogP contribution is -2.19. The van der Waals surface area contributed by atoms with Crippen molar-refractivity contribution in [2.24, 2.45) is 0 Å². The first-order chi connectivity index (χ1) is 14.9. The number of hydrogen-bond acceptors (Lipinski definition) is 2. The fourth-order valence-corrected chi connectivity index (χ4v) is 7.46. The van der Waals surface area contributed by atoms with E-state index in [4.69, 9.17) is 0 Å². The molecule has 2 heteroatoms. The molecule has 0 aliphatic rings. The number of rotatable bonds is 6. The molecule has 0 nitrogen and oxygen atoms in total. The highest BCUT2D eigenvalue weighted by Crippen LogP contribution is 2.57. The SMILES string of the molecule is Cc1cc(C)cc(SC(Sc2cc(C)cc(C)c2)(c2ccccc2)c2ccccc2)c1. The van der Waals surface area contributed by atoms with Gasteiger partial charge < -0.3 is 0 Å². The number of benzene rings is 4. The predicted molar refractivity (Wildman–Crippen MR) is 137 cm³/mol. The predicted octanol–water partition coefficient (Wildman–Crippen LogP) is 8.71. The van der Waals surface area contributed by atoms with Crippen LogP contribution in [-0.4, -0.2) is 0 Å². The first-order valence-electron chi connectivity index (χ1n) is 10.6. The number of thioether (sulfide) groups is 2. The van der Waals surface area contributed by atoms with Crippen LogP contribution in [0.5, 0.6) is 0 Å². The van der Waals surface area contributed by atoms with Gasteiger partial charge in [-0.3, -0.25) is 0 Å². The van der Waals surface area contributed by atoms with Crippen molar-refractivity contribution in [2.45, 2.75) is 41.6 Å². The van der Waals surface area contributed by atoms with E-state index in [1.165, 1.54) is 43.2 Å². The largest absolute Gasteiger partial charge is 0.120 e. The minimum absolute atomic E-state index is 0.303. The zero-order chi connectivity index (χ0) is 21.8. The summed E-state index contributed by atoms with van der Waals surface area (Å²) < 4.78 is -0.303. The second-order valence-corrected chi connectivity index (χ2v) is 11.0. The van der Waals surface area contributed by atoms with Gasteiger partial charge in [0.2, 0.25) is 0 Å². The molecule has 4 aromatic rings. The summed E-state index contributed by atoms with van der Waals surface area (Å²) in [6.45, 7) is 8.73. The van der Waals surface area contributed by atoms with Gasteiger partial charge in [-0.15, -0.1) is 0 Å². The van der Waals surface area contributed by atoms with E-state index in [-0.39, 0.29) is 4.08 Å². The third kappa shape index (κ3) is 5.08. The summed E-state index contributed by atoms with van der Waals surface area (Å²) in [6, 6.07) is 35.6. The monoisotopic (exact) mass is 440 g/mol. The minimum atomic E-state index is -0.303. The molecule has 0 aliphatic heterocycles. The van der Waals surface area contributed by atoms with Crippen molar-refractivity contribution in [1.29, 1.82) is 0 Å². The molecule has 0 saturated heterocycles. The van der Waals surface area contributed by atoms with Crippen molar-refractivity contribution in [1.82, 2.24) is 0 Å². The van der Waals surface area contributed by atoms with Gasteiger partial charge in [-0.25, -0.2) is 0 Å². The van der Waals surface area contributed by atoms with Crippen LogP contribution in [0.3, 0.4) is 0 Å². The van der Waals surface area contributed by atoms with Gasteiger partial charge in [0.25, 0.3) is 0 Å². The Morgan fingerprint density at radius 3 is 1.10 bits per heavy atom. The summed E-state index contributed by atoms with van der Waals surface area (Å²) in [6.07, 6.45) is 0. The molecule has 0 atom stereocenters. The fourth-order valence-electron chi connectivity index (χ4n) is 4.05. The van der Waals surface area contributed by atoms with Crippen molar-refractivity contribution >= 4 is 23.5 Å². The van der Waals surface area contributed by atoms with E-state index in [2.05, 4.69) is 125 Å². The zero-order valence-corrected chi connectivity index (χ0v) is 20.2. The molecule has 0 spiro atoms. The molecule has 31 heavy (non-hydrogen) atoms. The Balaban J connectivity index is 1.94. The van der Waals surface area contributed by atoms with Crippen LogP contribution < -0.4 is 0 Å². The molecule has 0 bridgehead atoms. The lowest BCUT2D eigenvalue weighted by atomic mass is 10.0. The Morgan fingerprint density at radius 2 is 0.774 bits per heavy atom. The molecule has 0 heterocycles. The van der Waals surface area contributed by atoms with E-state index in [1.54, 1.807) is 0 Å². The van der Waals surface area contributed by atoms with E-state index in [9.17, 15) is 0 Å². The van der Waals surface area contributed by atoms with Gasteiger partial charge in [0.15, 0.2) is 0 Å². The first-order valence-corrected chi connectivity index (χ1v) is 12.2. The maximum absolute atomic E-state index is 2.31. The normalized spacial score (nSPS) is 11.5. The summed E-state index contributed by atoms with van der Waals surface area (Å²) in [5.74, 6) is 0. The highest BCUT2D eigenvalue weighted by atomic mass is 32.2. The number of aryl methyl sites for hydroxylation is 4. The van der Waals surface area contributed by atoms with Gasteiger partial charge in [0.1, 0.15) is 4.08 Å². The second kappa shape index (κ2) is 9.38. The Morgan fingerprint density at radius 1 is 0.452 bits per heavy atom.